The highest BCUT2D eigenvalue weighted by Crippen LogP contribution is 2.24. The van der Waals surface area contributed by atoms with Crippen LogP contribution in [0.3, 0.4) is 0 Å². The molecule has 0 fully saturated rings. The maximum atomic E-state index is 4.70. The lowest BCUT2D eigenvalue weighted by atomic mass is 10.1. The van der Waals surface area contributed by atoms with Gasteiger partial charge in [-0.25, -0.2) is 9.67 Å². The second-order valence-electron chi connectivity index (χ2n) is 4.56. The molecule has 102 valence electrons. The number of aromatic nitrogens is 2. The molecule has 0 aliphatic rings. The van der Waals surface area contributed by atoms with Crippen LogP contribution >= 0.6 is 12.2 Å². The van der Waals surface area contributed by atoms with Crippen molar-refractivity contribution in [1.29, 1.82) is 0 Å². The quantitative estimate of drug-likeness (QED) is 0.534. The Morgan fingerprint density at radius 3 is 2.33 bits per heavy atom. The van der Waals surface area contributed by atoms with Crippen LogP contribution in [0.2, 0.25) is 0 Å². The molecule has 0 radical (unpaired) electrons. The molecule has 1 aromatic heterocycles. The minimum atomic E-state index is 0.487. The average molecular weight is 291 g/mol. The molecule has 3 aromatic rings. The molecule has 2 aromatic carbocycles. The fourth-order valence-electron chi connectivity index (χ4n) is 2.19. The van der Waals surface area contributed by atoms with Gasteiger partial charge in [-0.2, -0.15) is 5.10 Å². The van der Waals surface area contributed by atoms with Gasteiger partial charge in [-0.15, -0.1) is 0 Å². The van der Waals surface area contributed by atoms with E-state index in [0.717, 1.165) is 22.5 Å². The molecule has 0 aliphatic heterocycles. The molecular formula is C17H13N3S. The third-order valence-electron chi connectivity index (χ3n) is 3.17. The summed E-state index contributed by atoms with van der Waals surface area (Å²) in [5.41, 5.74) is 4.05. The first-order valence-electron chi connectivity index (χ1n) is 6.61. The normalized spacial score (nSPS) is 10.1. The van der Waals surface area contributed by atoms with Gasteiger partial charge in [0.1, 0.15) is 0 Å². The van der Waals surface area contributed by atoms with Gasteiger partial charge in [0, 0.05) is 17.3 Å². The predicted molar refractivity (Wildman–Crippen MR) is 87.7 cm³/mol. The van der Waals surface area contributed by atoms with E-state index in [1.54, 1.807) is 0 Å². The summed E-state index contributed by atoms with van der Waals surface area (Å²) < 4.78 is 1.87. The van der Waals surface area contributed by atoms with Gasteiger partial charge >= 0.3 is 0 Å². The van der Waals surface area contributed by atoms with Crippen molar-refractivity contribution in [1.82, 2.24) is 9.78 Å². The monoisotopic (exact) mass is 291 g/mol. The van der Waals surface area contributed by atoms with Gasteiger partial charge in [0.25, 0.3) is 0 Å². The van der Waals surface area contributed by atoms with E-state index in [0.29, 0.717) is 6.54 Å². The van der Waals surface area contributed by atoms with E-state index in [2.05, 4.69) is 22.4 Å². The Bertz CT molecular complexity index is 772. The summed E-state index contributed by atoms with van der Waals surface area (Å²) in [7, 11) is 0. The van der Waals surface area contributed by atoms with Gasteiger partial charge in [0.2, 0.25) is 0 Å². The van der Waals surface area contributed by atoms with Gasteiger partial charge < -0.3 is 0 Å². The topological polar surface area (TPSA) is 30.2 Å². The van der Waals surface area contributed by atoms with Crippen LogP contribution in [0.25, 0.3) is 16.9 Å². The molecular weight excluding hydrogens is 278 g/mol. The fourth-order valence-corrected chi connectivity index (χ4v) is 2.26. The van der Waals surface area contributed by atoms with E-state index in [1.165, 1.54) is 0 Å². The smallest absolute Gasteiger partial charge is 0.0978 e. The Labute approximate surface area is 128 Å². The summed E-state index contributed by atoms with van der Waals surface area (Å²) in [5, 5.41) is 7.11. The molecule has 0 saturated carbocycles. The molecule has 3 nitrogen and oxygen atoms in total. The van der Waals surface area contributed by atoms with Crippen molar-refractivity contribution in [2.45, 2.75) is 6.54 Å². The summed E-state index contributed by atoms with van der Waals surface area (Å²) in [6.45, 7) is 0.487. The molecule has 4 heteroatoms. The maximum Gasteiger partial charge on any atom is 0.0978 e. The average Bonchev–Trinajstić information content (AvgIpc) is 2.99. The molecule has 0 N–H and O–H groups in total. The van der Waals surface area contributed by atoms with Crippen molar-refractivity contribution in [3.8, 4) is 16.9 Å². The first-order chi connectivity index (χ1) is 10.4. The second kappa shape index (κ2) is 6.27. The minimum Gasteiger partial charge on any atom is -0.240 e. The Morgan fingerprint density at radius 1 is 1.00 bits per heavy atom. The molecule has 0 saturated heterocycles. The lowest BCUT2D eigenvalue weighted by molar-refractivity contribution is 0.883. The number of benzene rings is 2. The summed E-state index contributed by atoms with van der Waals surface area (Å²) in [5.74, 6) is 0. The van der Waals surface area contributed by atoms with E-state index < -0.39 is 0 Å². The number of hydrogen-bond acceptors (Lipinski definition) is 3. The molecule has 1 heterocycles. The van der Waals surface area contributed by atoms with Crippen LogP contribution in [0.1, 0.15) is 5.56 Å². The van der Waals surface area contributed by atoms with Crippen molar-refractivity contribution in [3.63, 3.8) is 0 Å². The summed E-state index contributed by atoms with van der Waals surface area (Å²) in [6.07, 6.45) is 1.99. The molecule has 3 rings (SSSR count). The van der Waals surface area contributed by atoms with Crippen LogP contribution < -0.4 is 0 Å². The Hall–Kier alpha value is -2.55. The molecule has 0 bridgehead atoms. The lowest BCUT2D eigenvalue weighted by Gasteiger charge is -2.00. The summed E-state index contributed by atoms with van der Waals surface area (Å²) >= 11 is 4.67. The third kappa shape index (κ3) is 2.97. The van der Waals surface area contributed by atoms with Crippen LogP contribution in [-0.4, -0.2) is 14.9 Å². The Morgan fingerprint density at radius 2 is 1.67 bits per heavy atom. The highest BCUT2D eigenvalue weighted by Gasteiger charge is 2.11. The van der Waals surface area contributed by atoms with Crippen molar-refractivity contribution >= 4 is 17.4 Å². The summed E-state index contributed by atoms with van der Waals surface area (Å²) in [4.78, 5) is 4.05. The van der Waals surface area contributed by atoms with Crippen molar-refractivity contribution < 1.29 is 0 Å². The Balaban J connectivity index is 2.09. The standard InChI is InChI=1S/C17H13N3S/c21-13-18-11-15-12-20(16-9-5-2-6-10-16)19-17(15)14-7-3-1-4-8-14/h1-10,12H,11H2. The van der Waals surface area contributed by atoms with Crippen LogP contribution in [0.15, 0.2) is 71.9 Å². The highest BCUT2D eigenvalue weighted by atomic mass is 32.1. The van der Waals surface area contributed by atoms with E-state index in [4.69, 9.17) is 5.10 Å². The zero-order chi connectivity index (χ0) is 14.5. The number of thiocarbonyl (C=S) groups is 1. The van der Waals surface area contributed by atoms with Gasteiger partial charge in [-0.1, -0.05) is 48.5 Å². The number of isothiocyanates is 1. The van der Waals surface area contributed by atoms with E-state index >= 15 is 0 Å². The number of para-hydroxylation sites is 1. The Kier molecular flexibility index (Phi) is 4.01. The molecule has 0 aliphatic carbocycles. The van der Waals surface area contributed by atoms with Crippen LogP contribution in [0.4, 0.5) is 0 Å². The first kappa shape index (κ1) is 13.4. The van der Waals surface area contributed by atoms with Crippen LogP contribution in [-0.2, 0) is 6.54 Å². The zero-order valence-electron chi connectivity index (χ0n) is 11.3. The first-order valence-corrected chi connectivity index (χ1v) is 7.02. The van der Waals surface area contributed by atoms with Crippen LogP contribution in [0.5, 0.6) is 0 Å². The van der Waals surface area contributed by atoms with Gasteiger partial charge in [-0.05, 0) is 24.4 Å². The van der Waals surface area contributed by atoms with Gasteiger partial charge in [0.05, 0.1) is 23.1 Å². The molecule has 0 atom stereocenters. The van der Waals surface area contributed by atoms with E-state index in [-0.39, 0.29) is 0 Å². The molecule has 0 amide bonds. The van der Waals surface area contributed by atoms with Gasteiger partial charge in [0.15, 0.2) is 0 Å². The summed E-state index contributed by atoms with van der Waals surface area (Å²) in [6, 6.07) is 20.1. The number of hydrogen-bond donors (Lipinski definition) is 0. The molecule has 0 spiro atoms. The van der Waals surface area contributed by atoms with Crippen LogP contribution in [0, 0.1) is 0 Å². The highest BCUT2D eigenvalue weighted by molar-refractivity contribution is 7.78. The van der Waals surface area contributed by atoms with Crippen molar-refractivity contribution in [3.05, 3.63) is 72.4 Å². The fraction of sp³-hybridized carbons (Fsp3) is 0.0588. The number of aliphatic imine (C=N–C) groups is 1. The number of nitrogens with zero attached hydrogens (tertiary/aromatic N) is 3. The SMILES string of the molecule is S=C=NCc1cn(-c2ccccc2)nc1-c1ccccc1. The lowest BCUT2D eigenvalue weighted by Crippen LogP contribution is -1.93. The zero-order valence-corrected chi connectivity index (χ0v) is 12.1. The molecule has 21 heavy (non-hydrogen) atoms. The predicted octanol–water partition coefficient (Wildman–Crippen LogP) is 4.14. The number of rotatable bonds is 4. The van der Waals surface area contributed by atoms with Crippen molar-refractivity contribution in [2.24, 2.45) is 4.99 Å². The van der Waals surface area contributed by atoms with E-state index in [1.807, 2.05) is 71.5 Å². The minimum absolute atomic E-state index is 0.487. The largest absolute Gasteiger partial charge is 0.240 e. The van der Waals surface area contributed by atoms with Gasteiger partial charge in [-0.3, -0.25) is 0 Å². The van der Waals surface area contributed by atoms with Crippen molar-refractivity contribution in [2.75, 3.05) is 0 Å². The maximum absolute atomic E-state index is 4.70. The molecule has 0 unspecified atom stereocenters. The third-order valence-corrected chi connectivity index (χ3v) is 3.30. The van der Waals surface area contributed by atoms with E-state index in [9.17, 15) is 0 Å². The second-order valence-corrected chi connectivity index (χ2v) is 4.74.